The lowest BCUT2D eigenvalue weighted by molar-refractivity contribution is 0.281. The van der Waals surface area contributed by atoms with Crippen LogP contribution < -0.4 is 0 Å². The van der Waals surface area contributed by atoms with E-state index in [1.54, 1.807) is 0 Å². The number of hydrogen-bond acceptors (Lipinski definition) is 2. The number of nitrogens with zero attached hydrogens (tertiary/aromatic N) is 4. The van der Waals surface area contributed by atoms with Gasteiger partial charge in [0.15, 0.2) is 5.65 Å². The van der Waals surface area contributed by atoms with Gasteiger partial charge in [-0.25, -0.2) is 4.98 Å². The first-order chi connectivity index (χ1) is 10.1. The molecule has 1 fully saturated rings. The van der Waals surface area contributed by atoms with Gasteiger partial charge in [-0.3, -0.25) is 4.68 Å². The molecule has 1 aliphatic rings. The standard InChI is InChI=1S/C16H25ClN4/c1-4-7-12-14-15(20(3)19-12)21(13(10-17)18-14)11-16(2)8-5-6-9-16/h4-11H2,1-3H3. The third-order valence-electron chi connectivity index (χ3n) is 4.83. The van der Waals surface area contributed by atoms with E-state index in [2.05, 4.69) is 23.5 Å². The van der Waals surface area contributed by atoms with Gasteiger partial charge in [0.25, 0.3) is 0 Å². The van der Waals surface area contributed by atoms with Crippen molar-refractivity contribution in [3.8, 4) is 0 Å². The van der Waals surface area contributed by atoms with Gasteiger partial charge in [-0.1, -0.05) is 33.1 Å². The van der Waals surface area contributed by atoms with Crippen LogP contribution in [0.4, 0.5) is 0 Å². The topological polar surface area (TPSA) is 35.6 Å². The molecule has 0 aromatic carbocycles. The molecule has 0 unspecified atom stereocenters. The van der Waals surface area contributed by atoms with Gasteiger partial charge in [-0.15, -0.1) is 11.6 Å². The number of aromatic nitrogens is 4. The maximum absolute atomic E-state index is 6.16. The fourth-order valence-electron chi connectivity index (χ4n) is 3.73. The summed E-state index contributed by atoms with van der Waals surface area (Å²) in [6.45, 7) is 5.59. The molecule has 116 valence electrons. The van der Waals surface area contributed by atoms with Crippen LogP contribution in [0.1, 0.15) is 57.5 Å². The zero-order valence-electron chi connectivity index (χ0n) is 13.3. The zero-order chi connectivity index (χ0) is 15.0. The Bertz CT molecular complexity index is 634. The lowest BCUT2D eigenvalue weighted by atomic mass is 9.89. The molecular weight excluding hydrogens is 284 g/mol. The maximum Gasteiger partial charge on any atom is 0.158 e. The van der Waals surface area contributed by atoms with E-state index in [0.717, 1.165) is 42.1 Å². The molecule has 21 heavy (non-hydrogen) atoms. The van der Waals surface area contributed by atoms with Crippen molar-refractivity contribution in [3.05, 3.63) is 11.5 Å². The molecule has 3 rings (SSSR count). The van der Waals surface area contributed by atoms with E-state index in [0.29, 0.717) is 11.3 Å². The minimum Gasteiger partial charge on any atom is -0.311 e. The van der Waals surface area contributed by atoms with Gasteiger partial charge in [-0.05, 0) is 24.7 Å². The highest BCUT2D eigenvalue weighted by Gasteiger charge is 2.31. The second-order valence-corrected chi connectivity index (χ2v) is 7.03. The van der Waals surface area contributed by atoms with Crippen molar-refractivity contribution in [3.63, 3.8) is 0 Å². The van der Waals surface area contributed by atoms with Gasteiger partial charge in [-0.2, -0.15) is 5.10 Å². The van der Waals surface area contributed by atoms with E-state index in [1.165, 1.54) is 25.7 Å². The van der Waals surface area contributed by atoms with E-state index < -0.39 is 0 Å². The first-order valence-electron chi connectivity index (χ1n) is 8.05. The Kier molecular flexibility index (Phi) is 4.00. The molecule has 0 radical (unpaired) electrons. The lowest BCUT2D eigenvalue weighted by Crippen LogP contribution is -2.21. The Morgan fingerprint density at radius 1 is 1.29 bits per heavy atom. The number of fused-ring (bicyclic) bond motifs is 1. The number of alkyl halides is 1. The Morgan fingerprint density at radius 3 is 2.62 bits per heavy atom. The molecule has 0 N–H and O–H groups in total. The van der Waals surface area contributed by atoms with Crippen LogP contribution in [0, 0.1) is 5.41 Å². The number of hydrogen-bond donors (Lipinski definition) is 0. The first kappa shape index (κ1) is 14.9. The van der Waals surface area contributed by atoms with Crippen LogP contribution in [0.25, 0.3) is 11.2 Å². The van der Waals surface area contributed by atoms with Gasteiger partial charge in [0, 0.05) is 13.6 Å². The van der Waals surface area contributed by atoms with Gasteiger partial charge in [0.1, 0.15) is 11.3 Å². The van der Waals surface area contributed by atoms with Gasteiger partial charge in [0.05, 0.1) is 11.6 Å². The Labute approximate surface area is 131 Å². The second kappa shape index (κ2) is 5.64. The highest BCUT2D eigenvalue weighted by atomic mass is 35.5. The monoisotopic (exact) mass is 308 g/mol. The van der Waals surface area contributed by atoms with Crippen LogP contribution in [0.3, 0.4) is 0 Å². The molecule has 0 atom stereocenters. The Hall–Kier alpha value is -1.03. The van der Waals surface area contributed by atoms with Crippen molar-refractivity contribution in [1.29, 1.82) is 0 Å². The van der Waals surface area contributed by atoms with E-state index in [4.69, 9.17) is 16.6 Å². The summed E-state index contributed by atoms with van der Waals surface area (Å²) in [6, 6.07) is 0. The van der Waals surface area contributed by atoms with Crippen LogP contribution in [0.15, 0.2) is 0 Å². The molecule has 0 aliphatic heterocycles. The first-order valence-corrected chi connectivity index (χ1v) is 8.58. The molecule has 0 spiro atoms. The molecule has 0 amide bonds. The maximum atomic E-state index is 6.16. The van der Waals surface area contributed by atoms with E-state index in [1.807, 2.05) is 11.7 Å². The second-order valence-electron chi connectivity index (χ2n) is 6.76. The van der Waals surface area contributed by atoms with Crippen molar-refractivity contribution < 1.29 is 0 Å². The molecule has 1 saturated carbocycles. The fraction of sp³-hybridized carbons (Fsp3) is 0.750. The molecule has 4 nitrogen and oxygen atoms in total. The van der Waals surface area contributed by atoms with Gasteiger partial charge >= 0.3 is 0 Å². The smallest absolute Gasteiger partial charge is 0.158 e. The minimum absolute atomic E-state index is 0.379. The largest absolute Gasteiger partial charge is 0.311 e. The predicted octanol–water partition coefficient (Wildman–Crippen LogP) is 4.04. The minimum atomic E-state index is 0.379. The quantitative estimate of drug-likeness (QED) is 0.781. The third kappa shape index (κ3) is 2.59. The summed E-state index contributed by atoms with van der Waals surface area (Å²) in [5.74, 6) is 1.46. The summed E-state index contributed by atoms with van der Waals surface area (Å²) >= 11 is 6.16. The van der Waals surface area contributed by atoms with Crippen molar-refractivity contribution in [2.24, 2.45) is 12.5 Å². The summed E-state index contributed by atoms with van der Waals surface area (Å²) in [5, 5.41) is 4.66. The highest BCUT2D eigenvalue weighted by molar-refractivity contribution is 6.16. The van der Waals surface area contributed by atoms with Crippen LogP contribution >= 0.6 is 11.6 Å². The number of imidazole rings is 1. The molecular formula is C16H25ClN4. The lowest BCUT2D eigenvalue weighted by Gasteiger charge is -2.25. The molecule has 5 heteroatoms. The average Bonchev–Trinajstić information content (AvgIpc) is 3.10. The summed E-state index contributed by atoms with van der Waals surface area (Å²) in [6.07, 6.45) is 7.36. The van der Waals surface area contributed by atoms with Crippen LogP contribution in [0.5, 0.6) is 0 Å². The SMILES string of the molecule is CCCc1nn(C)c2c1nc(CCl)n2CC1(C)CCCC1. The number of halogens is 1. The fourth-order valence-corrected chi connectivity index (χ4v) is 3.93. The van der Waals surface area contributed by atoms with Crippen LogP contribution in [-0.4, -0.2) is 19.3 Å². The number of rotatable bonds is 5. The summed E-state index contributed by atoms with van der Waals surface area (Å²) in [5.41, 5.74) is 3.68. The Balaban J connectivity index is 2.07. The normalized spacial score (nSPS) is 17.9. The van der Waals surface area contributed by atoms with Crippen molar-refractivity contribution in [2.75, 3.05) is 0 Å². The molecule has 2 aromatic heterocycles. The van der Waals surface area contributed by atoms with E-state index in [-0.39, 0.29) is 0 Å². The average molecular weight is 309 g/mol. The summed E-state index contributed by atoms with van der Waals surface area (Å²) in [4.78, 5) is 4.79. The van der Waals surface area contributed by atoms with Crippen molar-refractivity contribution >= 4 is 22.8 Å². The summed E-state index contributed by atoms with van der Waals surface area (Å²) < 4.78 is 4.31. The molecule has 0 bridgehead atoms. The van der Waals surface area contributed by atoms with E-state index in [9.17, 15) is 0 Å². The van der Waals surface area contributed by atoms with Crippen molar-refractivity contribution in [1.82, 2.24) is 19.3 Å². The van der Waals surface area contributed by atoms with Gasteiger partial charge < -0.3 is 4.57 Å². The Morgan fingerprint density at radius 2 is 2.00 bits per heavy atom. The van der Waals surface area contributed by atoms with E-state index >= 15 is 0 Å². The predicted molar refractivity (Wildman–Crippen MR) is 86.6 cm³/mol. The van der Waals surface area contributed by atoms with Crippen LogP contribution in [0.2, 0.25) is 0 Å². The third-order valence-corrected chi connectivity index (χ3v) is 5.07. The highest BCUT2D eigenvalue weighted by Crippen LogP contribution is 2.40. The molecule has 2 aromatic rings. The molecule has 0 saturated heterocycles. The summed E-state index contributed by atoms with van der Waals surface area (Å²) in [7, 11) is 2.02. The number of aryl methyl sites for hydroxylation is 2. The van der Waals surface area contributed by atoms with Crippen LogP contribution in [-0.2, 0) is 25.9 Å². The van der Waals surface area contributed by atoms with Gasteiger partial charge in [0.2, 0.25) is 0 Å². The van der Waals surface area contributed by atoms with Crippen molar-refractivity contribution in [2.45, 2.75) is 64.8 Å². The zero-order valence-corrected chi connectivity index (χ0v) is 14.1. The molecule has 1 aliphatic carbocycles. The molecule has 2 heterocycles.